The van der Waals surface area contributed by atoms with Gasteiger partial charge in [0, 0.05) is 12.4 Å². The number of aryl methyl sites for hydroxylation is 1. The van der Waals surface area contributed by atoms with Gasteiger partial charge in [-0.25, -0.2) is 0 Å². The van der Waals surface area contributed by atoms with Crippen LogP contribution in [0, 0.1) is 20.8 Å². The molecule has 0 bridgehead atoms. The summed E-state index contributed by atoms with van der Waals surface area (Å²) in [5.41, 5.74) is 3.78. The van der Waals surface area contributed by atoms with Crippen molar-refractivity contribution in [2.45, 2.75) is 40.4 Å². The fraction of sp³-hybridized carbons (Fsp3) is 0.421. The maximum Gasteiger partial charge on any atom is 0.357 e. The van der Waals surface area contributed by atoms with E-state index in [1.807, 2.05) is 32.9 Å². The third kappa shape index (κ3) is 4.26. The minimum atomic E-state index is -3.52. The number of hydrogen-bond acceptors (Lipinski definition) is 6. The van der Waals surface area contributed by atoms with Crippen molar-refractivity contribution in [3.63, 3.8) is 0 Å². The van der Waals surface area contributed by atoms with Crippen LogP contribution in [-0.2, 0) is 13.6 Å². The van der Waals surface area contributed by atoms with Crippen molar-refractivity contribution in [2.75, 3.05) is 18.5 Å². The van der Waals surface area contributed by atoms with Gasteiger partial charge in [0.05, 0.1) is 18.9 Å². The molecule has 2 aromatic rings. The van der Waals surface area contributed by atoms with E-state index < -0.39 is 13.4 Å². The normalized spacial score (nSPS) is 12.8. The van der Waals surface area contributed by atoms with Gasteiger partial charge in [0.15, 0.2) is 5.78 Å². The van der Waals surface area contributed by atoms with Crippen LogP contribution in [0.1, 0.15) is 41.9 Å². The van der Waals surface area contributed by atoms with Crippen molar-refractivity contribution in [1.29, 1.82) is 0 Å². The molecular weight excluding hydrogens is 351 g/mol. The maximum atomic E-state index is 13.6. The van der Waals surface area contributed by atoms with E-state index in [1.165, 1.54) is 0 Å². The van der Waals surface area contributed by atoms with Gasteiger partial charge in [-0.3, -0.25) is 9.55 Å². The van der Waals surface area contributed by atoms with Gasteiger partial charge < -0.3 is 19.5 Å². The minimum Gasteiger partial charge on any atom is -0.507 e. The van der Waals surface area contributed by atoms with Gasteiger partial charge in [0.25, 0.3) is 0 Å². The van der Waals surface area contributed by atoms with Crippen molar-refractivity contribution in [2.24, 2.45) is 0 Å². The summed E-state index contributed by atoms with van der Waals surface area (Å²) >= 11 is 0. The molecule has 0 spiro atoms. The second kappa shape index (κ2) is 8.67. The van der Waals surface area contributed by atoms with Gasteiger partial charge in [-0.1, -0.05) is 0 Å². The molecule has 142 valence electrons. The third-order valence-electron chi connectivity index (χ3n) is 4.29. The van der Waals surface area contributed by atoms with E-state index in [4.69, 9.17) is 9.05 Å². The van der Waals surface area contributed by atoms with Crippen molar-refractivity contribution in [3.05, 3.63) is 52.8 Å². The number of nitrogens with one attached hydrogen (secondary N) is 1. The summed E-state index contributed by atoms with van der Waals surface area (Å²) in [6.45, 7) is 9.65. The lowest BCUT2D eigenvalue weighted by molar-refractivity contribution is 0.214. The number of aromatic hydroxyl groups is 1. The van der Waals surface area contributed by atoms with E-state index in [1.54, 1.807) is 32.3 Å². The van der Waals surface area contributed by atoms with Crippen LogP contribution in [0.5, 0.6) is 5.75 Å². The molecule has 2 rings (SSSR count). The van der Waals surface area contributed by atoms with Gasteiger partial charge >= 0.3 is 7.60 Å². The number of phenols is 1. The summed E-state index contributed by atoms with van der Waals surface area (Å²) in [6, 6.07) is 5.47. The number of pyridine rings is 1. The molecule has 0 aliphatic heterocycles. The average Bonchev–Trinajstić information content (AvgIpc) is 2.62. The molecule has 1 heterocycles. The predicted octanol–water partition coefficient (Wildman–Crippen LogP) is 5.09. The van der Waals surface area contributed by atoms with Crippen molar-refractivity contribution in [1.82, 2.24) is 4.98 Å². The highest BCUT2D eigenvalue weighted by Crippen LogP contribution is 2.61. The highest BCUT2D eigenvalue weighted by Gasteiger charge is 2.38. The fourth-order valence-electron chi connectivity index (χ4n) is 2.86. The van der Waals surface area contributed by atoms with Crippen molar-refractivity contribution in [3.8, 4) is 5.75 Å². The quantitative estimate of drug-likeness (QED) is 0.623. The molecule has 0 saturated carbocycles. The summed E-state index contributed by atoms with van der Waals surface area (Å²) in [4.78, 5) is 4.10. The topological polar surface area (TPSA) is 80.7 Å². The molecule has 1 unspecified atom stereocenters. The SMILES string of the molecule is CCOP(=O)(OCC)C(Nc1cccnc1)c1cc(C)c(O)c(C)c1C. The van der Waals surface area contributed by atoms with Crippen LogP contribution in [0.3, 0.4) is 0 Å². The van der Waals surface area contributed by atoms with Crippen LogP contribution in [0.25, 0.3) is 0 Å². The van der Waals surface area contributed by atoms with Gasteiger partial charge in [-0.05, 0) is 75.1 Å². The van der Waals surface area contributed by atoms with E-state index in [0.717, 1.165) is 16.7 Å². The highest BCUT2D eigenvalue weighted by molar-refractivity contribution is 7.54. The Bertz CT molecular complexity index is 786. The van der Waals surface area contributed by atoms with Crippen LogP contribution in [0.15, 0.2) is 30.6 Å². The summed E-state index contributed by atoms with van der Waals surface area (Å²) in [5, 5.41) is 13.5. The zero-order valence-corrected chi connectivity index (χ0v) is 16.8. The second-order valence-corrected chi connectivity index (χ2v) is 8.16. The molecule has 1 aromatic heterocycles. The van der Waals surface area contributed by atoms with Crippen molar-refractivity contribution < 1.29 is 18.7 Å². The fourth-order valence-corrected chi connectivity index (χ4v) is 4.87. The van der Waals surface area contributed by atoms with Gasteiger partial charge in [-0.2, -0.15) is 0 Å². The molecule has 1 aromatic carbocycles. The van der Waals surface area contributed by atoms with Crippen LogP contribution in [0.4, 0.5) is 5.69 Å². The number of rotatable bonds is 8. The summed E-state index contributed by atoms with van der Waals surface area (Å²) in [7, 11) is -3.52. The highest BCUT2D eigenvalue weighted by atomic mass is 31.2. The lowest BCUT2D eigenvalue weighted by Gasteiger charge is -2.30. The van der Waals surface area contributed by atoms with Crippen LogP contribution in [0.2, 0.25) is 0 Å². The Morgan fingerprint density at radius 3 is 2.38 bits per heavy atom. The largest absolute Gasteiger partial charge is 0.507 e. The van der Waals surface area contributed by atoms with E-state index in [9.17, 15) is 9.67 Å². The first-order chi connectivity index (χ1) is 12.3. The number of nitrogens with zero attached hydrogens (tertiary/aromatic N) is 1. The number of benzene rings is 1. The van der Waals surface area contributed by atoms with Crippen LogP contribution >= 0.6 is 7.60 Å². The standard InChI is InChI=1S/C19H27N2O4P/c1-6-24-26(23,25-7-2)19(21-16-9-8-10-20-12-16)17-11-13(3)18(22)15(5)14(17)4/h8-12,19,21-22H,6-7H2,1-5H3. The van der Waals surface area contributed by atoms with Gasteiger partial charge in [-0.15, -0.1) is 0 Å². The predicted molar refractivity (Wildman–Crippen MR) is 104 cm³/mol. The van der Waals surface area contributed by atoms with Crippen LogP contribution in [-0.4, -0.2) is 23.3 Å². The monoisotopic (exact) mass is 378 g/mol. The third-order valence-corrected chi connectivity index (χ3v) is 6.57. The number of phenolic OH excluding ortho intramolecular Hbond substituents is 1. The average molecular weight is 378 g/mol. The molecular formula is C19H27N2O4P. The van der Waals surface area contributed by atoms with E-state index in [2.05, 4.69) is 10.3 Å². The Kier molecular flexibility index (Phi) is 6.81. The molecule has 0 aliphatic carbocycles. The zero-order chi connectivity index (χ0) is 19.3. The van der Waals surface area contributed by atoms with E-state index >= 15 is 0 Å². The number of anilines is 1. The zero-order valence-electron chi connectivity index (χ0n) is 15.9. The van der Waals surface area contributed by atoms with Crippen LogP contribution < -0.4 is 5.32 Å². The Morgan fingerprint density at radius 1 is 1.19 bits per heavy atom. The molecule has 7 heteroatoms. The Balaban J connectivity index is 2.62. The second-order valence-electron chi connectivity index (χ2n) is 6.05. The smallest absolute Gasteiger partial charge is 0.357 e. The molecule has 0 amide bonds. The Labute approximate surface area is 155 Å². The molecule has 1 atom stereocenters. The van der Waals surface area contributed by atoms with E-state index in [0.29, 0.717) is 11.3 Å². The summed E-state index contributed by atoms with van der Waals surface area (Å²) < 4.78 is 24.8. The van der Waals surface area contributed by atoms with Gasteiger partial charge in [0.1, 0.15) is 5.75 Å². The maximum absolute atomic E-state index is 13.6. The Hall–Kier alpha value is -1.88. The molecule has 0 aliphatic rings. The molecule has 2 N–H and O–H groups in total. The summed E-state index contributed by atoms with van der Waals surface area (Å²) in [5.74, 6) is -0.473. The molecule has 26 heavy (non-hydrogen) atoms. The molecule has 6 nitrogen and oxygen atoms in total. The lowest BCUT2D eigenvalue weighted by atomic mass is 9.98. The number of hydrogen-bond donors (Lipinski definition) is 2. The van der Waals surface area contributed by atoms with E-state index in [-0.39, 0.29) is 19.0 Å². The summed E-state index contributed by atoms with van der Waals surface area (Å²) in [6.07, 6.45) is 3.33. The first-order valence-electron chi connectivity index (χ1n) is 8.69. The molecule has 0 saturated heterocycles. The molecule has 0 fully saturated rings. The lowest BCUT2D eigenvalue weighted by Crippen LogP contribution is -2.17. The first-order valence-corrected chi connectivity index (χ1v) is 10.3. The van der Waals surface area contributed by atoms with Crippen molar-refractivity contribution >= 4 is 13.3 Å². The minimum absolute atomic E-state index is 0.244. The molecule has 0 radical (unpaired) electrons. The number of aromatic nitrogens is 1. The van der Waals surface area contributed by atoms with Gasteiger partial charge in [0.2, 0.25) is 0 Å². The first kappa shape index (κ1) is 20.4. The Morgan fingerprint density at radius 2 is 1.85 bits per heavy atom.